The Bertz CT molecular complexity index is 1320. The summed E-state index contributed by atoms with van der Waals surface area (Å²) in [4.78, 5) is 22.2. The van der Waals surface area contributed by atoms with Gasteiger partial charge in [0.2, 0.25) is 11.8 Å². The summed E-state index contributed by atoms with van der Waals surface area (Å²) in [7, 11) is 0. The third kappa shape index (κ3) is 4.76. The smallest absolute Gasteiger partial charge is 0.234 e. The van der Waals surface area contributed by atoms with Crippen molar-refractivity contribution in [3.05, 3.63) is 95.1 Å². The molecule has 3 aromatic carbocycles. The molecule has 0 atom stereocenters. The van der Waals surface area contributed by atoms with Crippen molar-refractivity contribution in [1.29, 1.82) is 0 Å². The van der Waals surface area contributed by atoms with E-state index in [2.05, 4.69) is 18.3 Å². The summed E-state index contributed by atoms with van der Waals surface area (Å²) in [6.07, 6.45) is 0.670. The van der Waals surface area contributed by atoms with E-state index >= 15 is 0 Å². The zero-order valence-electron chi connectivity index (χ0n) is 18.5. The Labute approximate surface area is 197 Å². The number of nitrogens with one attached hydrogen (secondary N) is 1. The molecule has 1 amide bonds. The fourth-order valence-corrected chi connectivity index (χ4v) is 4.55. The summed E-state index contributed by atoms with van der Waals surface area (Å²) in [5.74, 6) is 2.13. The van der Waals surface area contributed by atoms with Crippen molar-refractivity contribution in [2.75, 3.05) is 11.1 Å². The Hall–Kier alpha value is -3.64. The van der Waals surface area contributed by atoms with Crippen molar-refractivity contribution < 1.29 is 9.53 Å². The molecule has 0 bridgehead atoms. The highest BCUT2D eigenvalue weighted by molar-refractivity contribution is 8.00. The molecule has 0 radical (unpaired) electrons. The lowest BCUT2D eigenvalue weighted by atomic mass is 10.0. The van der Waals surface area contributed by atoms with Gasteiger partial charge in [-0.15, -0.1) is 0 Å². The van der Waals surface area contributed by atoms with Crippen molar-refractivity contribution in [3.8, 4) is 23.0 Å². The van der Waals surface area contributed by atoms with Crippen molar-refractivity contribution in [2.45, 2.75) is 25.3 Å². The number of benzene rings is 3. The summed E-state index contributed by atoms with van der Waals surface area (Å²) < 4.78 is 6.20. The number of aromatic nitrogens is 2. The van der Waals surface area contributed by atoms with Crippen LogP contribution in [-0.4, -0.2) is 21.6 Å². The minimum absolute atomic E-state index is 0.0802. The van der Waals surface area contributed by atoms with Crippen LogP contribution in [0.25, 0.3) is 11.4 Å². The number of carbonyl (C=O) groups excluding carboxylic acids is 1. The van der Waals surface area contributed by atoms with E-state index in [1.54, 1.807) is 0 Å². The highest BCUT2D eigenvalue weighted by Gasteiger charge is 2.24. The number of rotatable bonds is 5. The highest BCUT2D eigenvalue weighted by atomic mass is 32.2. The number of para-hydroxylation sites is 1. The van der Waals surface area contributed by atoms with E-state index in [0.29, 0.717) is 18.1 Å². The second-order valence-electron chi connectivity index (χ2n) is 8.09. The molecule has 1 aromatic heterocycles. The Kier molecular flexibility index (Phi) is 5.84. The van der Waals surface area contributed by atoms with Crippen LogP contribution in [-0.2, 0) is 11.2 Å². The van der Waals surface area contributed by atoms with Crippen LogP contribution in [0.2, 0.25) is 0 Å². The molecule has 1 aliphatic heterocycles. The third-order valence-corrected chi connectivity index (χ3v) is 6.45. The Morgan fingerprint density at radius 2 is 1.73 bits per heavy atom. The third-order valence-electron chi connectivity index (χ3n) is 5.43. The first-order chi connectivity index (χ1) is 16.0. The van der Waals surface area contributed by atoms with E-state index in [1.165, 1.54) is 22.9 Å². The Morgan fingerprint density at radius 1 is 0.970 bits per heavy atom. The van der Waals surface area contributed by atoms with E-state index in [4.69, 9.17) is 14.7 Å². The van der Waals surface area contributed by atoms with Crippen LogP contribution in [0, 0.1) is 13.8 Å². The molecule has 164 valence electrons. The van der Waals surface area contributed by atoms with Crippen LogP contribution >= 0.6 is 11.8 Å². The first-order valence-electron chi connectivity index (χ1n) is 10.8. The maximum Gasteiger partial charge on any atom is 0.234 e. The van der Waals surface area contributed by atoms with E-state index in [1.807, 2.05) is 73.7 Å². The zero-order valence-corrected chi connectivity index (χ0v) is 19.3. The van der Waals surface area contributed by atoms with Crippen molar-refractivity contribution >= 4 is 23.4 Å². The molecule has 0 aliphatic carbocycles. The summed E-state index contributed by atoms with van der Waals surface area (Å²) in [6.45, 7) is 4.11. The number of thioether (sulfide) groups is 1. The van der Waals surface area contributed by atoms with Gasteiger partial charge in [0.15, 0.2) is 5.82 Å². The fraction of sp³-hybridized carbons (Fsp3) is 0.148. The number of hydrogen-bond donors (Lipinski definition) is 1. The number of amides is 1. The lowest BCUT2D eigenvalue weighted by Gasteiger charge is -2.22. The number of nitrogens with zero attached hydrogens (tertiary/aromatic N) is 2. The zero-order chi connectivity index (χ0) is 22.8. The van der Waals surface area contributed by atoms with Gasteiger partial charge in [0.25, 0.3) is 0 Å². The predicted molar refractivity (Wildman–Crippen MR) is 132 cm³/mol. The topological polar surface area (TPSA) is 64.1 Å². The van der Waals surface area contributed by atoms with Gasteiger partial charge < -0.3 is 10.1 Å². The maximum atomic E-state index is 12.6. The average Bonchev–Trinajstić information content (AvgIpc) is 2.82. The van der Waals surface area contributed by atoms with Crippen LogP contribution in [0.1, 0.15) is 22.3 Å². The lowest BCUT2D eigenvalue weighted by Crippen LogP contribution is -2.15. The van der Waals surface area contributed by atoms with Gasteiger partial charge in [0.1, 0.15) is 10.8 Å². The average molecular weight is 454 g/mol. The summed E-state index contributed by atoms with van der Waals surface area (Å²) >= 11 is 1.41. The number of fused-ring (bicyclic) bond motifs is 2. The number of carbonyl (C=O) groups is 1. The summed E-state index contributed by atoms with van der Waals surface area (Å²) in [5, 5.41) is 3.70. The molecule has 5 nitrogen and oxygen atoms in total. The maximum absolute atomic E-state index is 12.6. The molecule has 5 rings (SSSR count). The first-order valence-corrected chi connectivity index (χ1v) is 11.8. The SMILES string of the molecule is Cc1ccc(-c2nc3c(c(SCC(=O)Nc4ccccc4)n2)Cc2cc(C)ccc2O3)cc1. The molecule has 0 fully saturated rings. The van der Waals surface area contributed by atoms with E-state index < -0.39 is 0 Å². The number of anilines is 1. The van der Waals surface area contributed by atoms with Gasteiger partial charge in [-0.25, -0.2) is 4.98 Å². The molecule has 4 aromatic rings. The van der Waals surface area contributed by atoms with Crippen LogP contribution in [0.3, 0.4) is 0 Å². The predicted octanol–water partition coefficient (Wildman–Crippen LogP) is 6.19. The normalized spacial score (nSPS) is 11.8. The number of aryl methyl sites for hydroxylation is 2. The van der Waals surface area contributed by atoms with Crippen LogP contribution in [0.4, 0.5) is 5.69 Å². The van der Waals surface area contributed by atoms with E-state index in [-0.39, 0.29) is 11.7 Å². The lowest BCUT2D eigenvalue weighted by molar-refractivity contribution is -0.113. The van der Waals surface area contributed by atoms with Gasteiger partial charge in [-0.05, 0) is 37.6 Å². The van der Waals surface area contributed by atoms with E-state index in [9.17, 15) is 4.79 Å². The molecule has 0 saturated heterocycles. The minimum atomic E-state index is -0.0802. The van der Waals surface area contributed by atoms with Crippen LogP contribution in [0.5, 0.6) is 11.6 Å². The molecule has 0 spiro atoms. The largest absolute Gasteiger partial charge is 0.438 e. The summed E-state index contributed by atoms with van der Waals surface area (Å²) in [6, 6.07) is 23.7. The molecule has 0 saturated carbocycles. The monoisotopic (exact) mass is 453 g/mol. The van der Waals surface area contributed by atoms with Crippen molar-refractivity contribution in [2.24, 2.45) is 0 Å². The quantitative estimate of drug-likeness (QED) is 0.254. The molecule has 6 heteroatoms. The van der Waals surface area contributed by atoms with Crippen LogP contribution < -0.4 is 10.1 Å². The molecule has 1 N–H and O–H groups in total. The molecular weight excluding hydrogens is 430 g/mol. The van der Waals surface area contributed by atoms with Gasteiger partial charge in [-0.3, -0.25) is 4.79 Å². The Balaban J connectivity index is 1.46. The van der Waals surface area contributed by atoms with Gasteiger partial charge >= 0.3 is 0 Å². The van der Waals surface area contributed by atoms with Crippen molar-refractivity contribution in [3.63, 3.8) is 0 Å². The van der Waals surface area contributed by atoms with Crippen molar-refractivity contribution in [1.82, 2.24) is 9.97 Å². The van der Waals surface area contributed by atoms with Gasteiger partial charge in [0.05, 0.1) is 11.3 Å². The summed E-state index contributed by atoms with van der Waals surface area (Å²) in [5.41, 5.74) is 6.06. The fourth-order valence-electron chi connectivity index (χ4n) is 3.72. The highest BCUT2D eigenvalue weighted by Crippen LogP contribution is 2.40. The Morgan fingerprint density at radius 3 is 2.52 bits per heavy atom. The van der Waals surface area contributed by atoms with Gasteiger partial charge in [-0.2, -0.15) is 4.98 Å². The number of hydrogen-bond acceptors (Lipinski definition) is 5. The second-order valence-corrected chi connectivity index (χ2v) is 9.06. The minimum Gasteiger partial charge on any atom is -0.438 e. The molecular formula is C27H23N3O2S. The van der Waals surface area contributed by atoms with Crippen LogP contribution in [0.15, 0.2) is 77.8 Å². The molecule has 2 heterocycles. The van der Waals surface area contributed by atoms with E-state index in [0.717, 1.165) is 33.2 Å². The number of ether oxygens (including phenoxy) is 1. The standard InChI is InChI=1S/C27H23N3O2S/c1-17-8-11-19(12-9-17)25-29-26-22(15-20-14-18(2)10-13-23(20)32-26)27(30-25)33-16-24(31)28-21-6-4-3-5-7-21/h3-14H,15-16H2,1-2H3,(H,28,31). The molecule has 33 heavy (non-hydrogen) atoms. The second kappa shape index (κ2) is 9.08. The van der Waals surface area contributed by atoms with Gasteiger partial charge in [-0.1, -0.05) is 77.5 Å². The first kappa shape index (κ1) is 21.2. The van der Waals surface area contributed by atoms with Gasteiger partial charge in [0, 0.05) is 17.7 Å². The molecule has 1 aliphatic rings. The molecule has 0 unspecified atom stereocenters.